The summed E-state index contributed by atoms with van der Waals surface area (Å²) in [5.41, 5.74) is 2.42. The van der Waals surface area contributed by atoms with Crippen molar-refractivity contribution in [1.29, 1.82) is 0 Å². The normalized spacial score (nSPS) is 21.5. The summed E-state index contributed by atoms with van der Waals surface area (Å²) in [5.74, 6) is 2.52. The summed E-state index contributed by atoms with van der Waals surface area (Å²) < 4.78 is 6.15. The maximum absolute atomic E-state index is 6.15. The predicted octanol–water partition coefficient (Wildman–Crippen LogP) is 4.69. The van der Waals surface area contributed by atoms with Gasteiger partial charge in [-0.15, -0.1) is 0 Å². The van der Waals surface area contributed by atoms with Crippen LogP contribution in [0.15, 0.2) is 66.1 Å². The molecule has 1 nitrogen and oxygen atoms in total. The van der Waals surface area contributed by atoms with Crippen molar-refractivity contribution in [1.82, 2.24) is 0 Å². The Morgan fingerprint density at radius 2 is 1.68 bits per heavy atom. The molecule has 0 saturated carbocycles. The van der Waals surface area contributed by atoms with Crippen molar-refractivity contribution in [2.24, 2.45) is 0 Å². The van der Waals surface area contributed by atoms with E-state index < -0.39 is 0 Å². The van der Waals surface area contributed by atoms with Crippen LogP contribution >= 0.6 is 0 Å². The van der Waals surface area contributed by atoms with E-state index in [1.165, 1.54) is 40.4 Å². The highest BCUT2D eigenvalue weighted by Gasteiger charge is 2.30. The van der Waals surface area contributed by atoms with Crippen molar-refractivity contribution in [2.75, 3.05) is 11.5 Å². The van der Waals surface area contributed by atoms with Crippen molar-refractivity contribution >= 4 is 17.0 Å². The van der Waals surface area contributed by atoms with Gasteiger partial charge in [0.2, 0.25) is 0 Å². The molecule has 2 heteroatoms. The van der Waals surface area contributed by atoms with Crippen molar-refractivity contribution in [3.05, 3.63) is 72.3 Å². The average Bonchev–Trinajstić information content (AvgIpc) is 2.61. The largest absolute Gasteiger partial charge is 0.373 e. The van der Waals surface area contributed by atoms with E-state index in [2.05, 4.69) is 55.1 Å². The fourth-order valence-electron chi connectivity index (χ4n) is 2.88. The van der Waals surface area contributed by atoms with E-state index in [0.29, 0.717) is 23.6 Å². The fourth-order valence-corrected chi connectivity index (χ4v) is 5.19. The van der Waals surface area contributed by atoms with E-state index >= 15 is 0 Å². The molecule has 1 aliphatic rings. The highest BCUT2D eigenvalue weighted by molar-refractivity contribution is 7.96. The van der Waals surface area contributed by atoms with Crippen LogP contribution in [0.1, 0.15) is 24.0 Å². The lowest BCUT2D eigenvalue weighted by Crippen LogP contribution is -2.29. The topological polar surface area (TPSA) is 9.23 Å². The monoisotopic (exact) mass is 311 g/mol. The lowest BCUT2D eigenvalue weighted by molar-refractivity contribution is 0.0352. The van der Waals surface area contributed by atoms with E-state index in [9.17, 15) is 0 Å². The lowest BCUT2D eigenvalue weighted by Gasteiger charge is -2.23. The van der Waals surface area contributed by atoms with Gasteiger partial charge in [0.25, 0.3) is 0 Å². The summed E-state index contributed by atoms with van der Waals surface area (Å²) in [4.78, 5) is 1.51. The molecule has 1 aliphatic heterocycles. The standard InChI is InChI=1S/C20H23OS/c1-2-17-8-6-7-9-18(17)16-21-19-12-14-22(15-13-19)20-10-4-3-5-11-20/h2-11,19H,1,12-16H2/q+1. The van der Waals surface area contributed by atoms with Crippen LogP contribution in [0.25, 0.3) is 6.08 Å². The third-order valence-corrected chi connectivity index (χ3v) is 6.59. The predicted molar refractivity (Wildman–Crippen MR) is 96.2 cm³/mol. The molecule has 2 aromatic carbocycles. The highest BCUT2D eigenvalue weighted by Crippen LogP contribution is 2.25. The van der Waals surface area contributed by atoms with Crippen LogP contribution in [-0.4, -0.2) is 17.6 Å². The van der Waals surface area contributed by atoms with E-state index in [1.54, 1.807) is 0 Å². The molecule has 0 atom stereocenters. The number of benzene rings is 2. The maximum atomic E-state index is 6.15. The van der Waals surface area contributed by atoms with Crippen LogP contribution in [0.3, 0.4) is 0 Å². The molecule has 0 aliphatic carbocycles. The second-order valence-corrected chi connectivity index (χ2v) is 7.90. The molecule has 0 spiro atoms. The molecule has 22 heavy (non-hydrogen) atoms. The van der Waals surface area contributed by atoms with E-state index in [1.807, 2.05) is 12.1 Å². The Balaban J connectivity index is 1.51. The first-order valence-corrected chi connectivity index (χ1v) is 9.47. The Hall–Kier alpha value is -1.51. The molecule has 3 rings (SSSR count). The molecule has 114 valence electrons. The third kappa shape index (κ3) is 3.82. The van der Waals surface area contributed by atoms with Crippen molar-refractivity contribution in [2.45, 2.75) is 30.4 Å². The molecule has 2 aromatic rings. The summed E-state index contributed by atoms with van der Waals surface area (Å²) in [6, 6.07) is 19.3. The summed E-state index contributed by atoms with van der Waals surface area (Å²) in [7, 11) is 0.421. The molecule has 1 heterocycles. The molecule has 1 saturated heterocycles. The Labute approximate surface area is 136 Å². The molecular formula is C20H23OS+. The lowest BCUT2D eigenvalue weighted by atomic mass is 10.1. The molecule has 0 radical (unpaired) electrons. The van der Waals surface area contributed by atoms with Crippen LogP contribution in [0.4, 0.5) is 0 Å². The zero-order chi connectivity index (χ0) is 15.2. The van der Waals surface area contributed by atoms with Gasteiger partial charge in [-0.2, -0.15) is 0 Å². The number of ether oxygens (including phenoxy) is 1. The molecule has 0 amide bonds. The maximum Gasteiger partial charge on any atom is 0.154 e. The van der Waals surface area contributed by atoms with Gasteiger partial charge in [-0.1, -0.05) is 55.1 Å². The Morgan fingerprint density at radius 1 is 1.00 bits per heavy atom. The van der Waals surface area contributed by atoms with Crippen molar-refractivity contribution in [3.8, 4) is 0 Å². The summed E-state index contributed by atoms with van der Waals surface area (Å²) >= 11 is 0. The minimum Gasteiger partial charge on any atom is -0.373 e. The Morgan fingerprint density at radius 3 is 2.41 bits per heavy atom. The van der Waals surface area contributed by atoms with Crippen molar-refractivity contribution in [3.63, 3.8) is 0 Å². The zero-order valence-corrected chi connectivity index (χ0v) is 13.7. The van der Waals surface area contributed by atoms with Gasteiger partial charge in [-0.25, -0.2) is 0 Å². The van der Waals surface area contributed by atoms with Gasteiger partial charge < -0.3 is 4.74 Å². The number of rotatable bonds is 5. The Kier molecular flexibility index (Phi) is 5.36. The van der Waals surface area contributed by atoms with Gasteiger partial charge in [-0.05, 0) is 23.3 Å². The molecule has 0 unspecified atom stereocenters. The molecule has 0 N–H and O–H groups in total. The van der Waals surface area contributed by atoms with Crippen LogP contribution in [0.5, 0.6) is 0 Å². The Bertz CT molecular complexity index is 600. The van der Waals surface area contributed by atoms with E-state index in [-0.39, 0.29) is 0 Å². The minimum absolute atomic E-state index is 0.408. The molecule has 1 fully saturated rings. The highest BCUT2D eigenvalue weighted by atomic mass is 32.2. The number of hydrogen-bond acceptors (Lipinski definition) is 1. The first-order chi connectivity index (χ1) is 10.9. The zero-order valence-electron chi connectivity index (χ0n) is 12.9. The average molecular weight is 311 g/mol. The van der Waals surface area contributed by atoms with Gasteiger partial charge in [0.1, 0.15) is 11.5 Å². The van der Waals surface area contributed by atoms with Crippen LogP contribution in [-0.2, 0) is 22.2 Å². The summed E-state index contributed by atoms with van der Waals surface area (Å²) in [6.07, 6.45) is 4.67. The second-order valence-electron chi connectivity index (χ2n) is 5.63. The van der Waals surface area contributed by atoms with Gasteiger partial charge in [0.05, 0.1) is 12.7 Å². The smallest absolute Gasteiger partial charge is 0.154 e. The van der Waals surface area contributed by atoms with Crippen LogP contribution < -0.4 is 0 Å². The quantitative estimate of drug-likeness (QED) is 0.728. The van der Waals surface area contributed by atoms with E-state index in [0.717, 1.165) is 0 Å². The van der Waals surface area contributed by atoms with E-state index in [4.69, 9.17) is 4.74 Å². The molecular weight excluding hydrogens is 288 g/mol. The second kappa shape index (κ2) is 7.66. The molecule has 0 aromatic heterocycles. The first-order valence-electron chi connectivity index (χ1n) is 7.91. The van der Waals surface area contributed by atoms with Crippen LogP contribution in [0.2, 0.25) is 0 Å². The van der Waals surface area contributed by atoms with Gasteiger partial charge in [-0.3, -0.25) is 0 Å². The third-order valence-electron chi connectivity index (χ3n) is 4.20. The first kappa shape index (κ1) is 15.4. The SMILES string of the molecule is C=Cc1ccccc1COC1CC[S+](c2ccccc2)CC1. The summed E-state index contributed by atoms with van der Waals surface area (Å²) in [5, 5.41) is 0. The minimum atomic E-state index is 0.408. The van der Waals surface area contributed by atoms with Crippen LogP contribution in [0, 0.1) is 0 Å². The molecule has 0 bridgehead atoms. The van der Waals surface area contributed by atoms with Gasteiger partial charge in [0, 0.05) is 23.7 Å². The summed E-state index contributed by atoms with van der Waals surface area (Å²) in [6.45, 7) is 4.58. The van der Waals surface area contributed by atoms with Gasteiger partial charge >= 0.3 is 0 Å². The number of hydrogen-bond donors (Lipinski definition) is 0. The van der Waals surface area contributed by atoms with Crippen molar-refractivity contribution < 1.29 is 4.74 Å². The fraction of sp³-hybridized carbons (Fsp3) is 0.300. The van der Waals surface area contributed by atoms with Gasteiger partial charge in [0.15, 0.2) is 4.90 Å².